The summed E-state index contributed by atoms with van der Waals surface area (Å²) in [5.41, 5.74) is 1.17. The molecule has 0 atom stereocenters. The molecule has 0 fully saturated rings. The third-order valence-corrected chi connectivity index (χ3v) is 4.19. The topological polar surface area (TPSA) is 16.1 Å². The Hall–Kier alpha value is -0.420. The average Bonchev–Trinajstić information content (AvgIpc) is 2.67. The van der Waals surface area contributed by atoms with Gasteiger partial charge in [-0.05, 0) is 40.7 Å². The summed E-state index contributed by atoms with van der Waals surface area (Å²) in [4.78, 5) is 7.68. The zero-order chi connectivity index (χ0) is 12.3. The molecule has 0 radical (unpaired) electrons. The molecule has 2 nitrogen and oxygen atoms in total. The van der Waals surface area contributed by atoms with Gasteiger partial charge in [-0.15, -0.1) is 11.3 Å². The maximum absolute atomic E-state index is 5.75. The summed E-state index contributed by atoms with van der Waals surface area (Å²) in [6.45, 7) is 1.82. The van der Waals surface area contributed by atoms with Crippen molar-refractivity contribution < 1.29 is 0 Å². The van der Waals surface area contributed by atoms with E-state index in [2.05, 4.69) is 44.3 Å². The Labute approximate surface area is 118 Å². The van der Waals surface area contributed by atoms with E-state index in [1.807, 2.05) is 18.3 Å². The fourth-order valence-electron chi connectivity index (χ4n) is 1.57. The average molecular weight is 332 g/mol. The molecule has 2 rings (SSSR count). The van der Waals surface area contributed by atoms with E-state index in [1.54, 1.807) is 11.3 Å². The van der Waals surface area contributed by atoms with Gasteiger partial charge in [0.15, 0.2) is 0 Å². The summed E-state index contributed by atoms with van der Waals surface area (Å²) in [6, 6.07) is 5.99. The lowest BCUT2D eigenvalue weighted by atomic mass is 10.2. The van der Waals surface area contributed by atoms with Gasteiger partial charge >= 0.3 is 0 Å². The fraction of sp³-hybridized carbons (Fsp3) is 0.250. The largest absolute Gasteiger partial charge is 0.297 e. The van der Waals surface area contributed by atoms with Crippen LogP contribution in [0.4, 0.5) is 0 Å². The molecule has 0 saturated carbocycles. The van der Waals surface area contributed by atoms with Crippen LogP contribution in [0.15, 0.2) is 34.2 Å². The molecular weight excluding hydrogens is 320 g/mol. The second kappa shape index (κ2) is 5.96. The van der Waals surface area contributed by atoms with Gasteiger partial charge in [-0.25, -0.2) is 4.98 Å². The van der Waals surface area contributed by atoms with E-state index >= 15 is 0 Å². The molecular formula is C12H12BrClN2S. The van der Waals surface area contributed by atoms with E-state index in [9.17, 15) is 0 Å². The van der Waals surface area contributed by atoms with Gasteiger partial charge in [-0.3, -0.25) is 4.90 Å². The number of thiophene rings is 1. The lowest BCUT2D eigenvalue weighted by molar-refractivity contribution is 0.321. The highest BCUT2D eigenvalue weighted by atomic mass is 79.9. The molecule has 2 aromatic heterocycles. The number of aromatic nitrogens is 1. The van der Waals surface area contributed by atoms with E-state index in [0.29, 0.717) is 5.15 Å². The number of pyridine rings is 1. The van der Waals surface area contributed by atoms with Crippen LogP contribution in [0.25, 0.3) is 0 Å². The molecule has 0 N–H and O–H groups in total. The van der Waals surface area contributed by atoms with Gasteiger partial charge in [-0.2, -0.15) is 0 Å². The van der Waals surface area contributed by atoms with Crippen LogP contribution in [-0.4, -0.2) is 16.9 Å². The Balaban J connectivity index is 1.93. The van der Waals surface area contributed by atoms with E-state index in [0.717, 1.165) is 17.6 Å². The number of hydrogen-bond donors (Lipinski definition) is 0. The molecule has 0 aliphatic rings. The van der Waals surface area contributed by atoms with Gasteiger partial charge < -0.3 is 0 Å². The Morgan fingerprint density at radius 3 is 2.82 bits per heavy atom. The number of hydrogen-bond acceptors (Lipinski definition) is 3. The van der Waals surface area contributed by atoms with Crippen molar-refractivity contribution in [1.29, 1.82) is 0 Å². The summed E-state index contributed by atoms with van der Waals surface area (Å²) in [6.07, 6.45) is 1.82. The Bertz CT molecular complexity index is 484. The summed E-state index contributed by atoms with van der Waals surface area (Å²) in [5.74, 6) is 0. The van der Waals surface area contributed by atoms with E-state index < -0.39 is 0 Å². The van der Waals surface area contributed by atoms with Crippen LogP contribution in [0.5, 0.6) is 0 Å². The number of nitrogens with zero attached hydrogens (tertiary/aromatic N) is 2. The van der Waals surface area contributed by atoms with Gasteiger partial charge in [0, 0.05) is 34.0 Å². The smallest absolute Gasteiger partial charge is 0.129 e. The van der Waals surface area contributed by atoms with Gasteiger partial charge in [0.2, 0.25) is 0 Å². The maximum Gasteiger partial charge on any atom is 0.129 e. The van der Waals surface area contributed by atoms with E-state index in [4.69, 9.17) is 11.6 Å². The number of halogens is 2. The highest BCUT2D eigenvalue weighted by Crippen LogP contribution is 2.21. The van der Waals surface area contributed by atoms with Crippen molar-refractivity contribution in [1.82, 2.24) is 9.88 Å². The van der Waals surface area contributed by atoms with Crippen molar-refractivity contribution in [2.75, 3.05) is 7.05 Å². The molecule has 0 spiro atoms. The Kier molecular flexibility index (Phi) is 4.56. The van der Waals surface area contributed by atoms with Crippen LogP contribution in [0.3, 0.4) is 0 Å². The third kappa shape index (κ3) is 4.07. The Morgan fingerprint density at radius 1 is 1.41 bits per heavy atom. The quantitative estimate of drug-likeness (QED) is 0.781. The van der Waals surface area contributed by atoms with Crippen LogP contribution < -0.4 is 0 Å². The first kappa shape index (κ1) is 13.0. The second-order valence-corrected chi connectivity index (χ2v) is 6.19. The highest BCUT2D eigenvalue weighted by Gasteiger charge is 2.04. The predicted molar refractivity (Wildman–Crippen MR) is 76.4 cm³/mol. The number of rotatable bonds is 4. The summed E-state index contributed by atoms with van der Waals surface area (Å²) in [7, 11) is 2.10. The van der Waals surface area contributed by atoms with Gasteiger partial charge in [-0.1, -0.05) is 17.7 Å². The summed E-state index contributed by atoms with van der Waals surface area (Å²) >= 11 is 11.0. The first-order valence-corrected chi connectivity index (χ1v) is 7.20. The van der Waals surface area contributed by atoms with Crippen molar-refractivity contribution in [2.24, 2.45) is 0 Å². The van der Waals surface area contributed by atoms with Crippen molar-refractivity contribution in [3.8, 4) is 0 Å². The van der Waals surface area contributed by atoms with Gasteiger partial charge in [0.05, 0.1) is 0 Å². The lowest BCUT2D eigenvalue weighted by Crippen LogP contribution is -2.16. The predicted octanol–water partition coefficient (Wildman–Crippen LogP) is 4.19. The van der Waals surface area contributed by atoms with Crippen molar-refractivity contribution in [2.45, 2.75) is 13.1 Å². The molecule has 2 heterocycles. The van der Waals surface area contributed by atoms with Crippen LogP contribution >= 0.6 is 38.9 Å². The molecule has 0 unspecified atom stereocenters. The normalized spacial score (nSPS) is 11.1. The monoisotopic (exact) mass is 330 g/mol. The van der Waals surface area contributed by atoms with Crippen molar-refractivity contribution in [3.05, 3.63) is 49.8 Å². The fourth-order valence-corrected chi connectivity index (χ4v) is 3.21. The first-order valence-electron chi connectivity index (χ1n) is 5.15. The molecule has 5 heteroatoms. The molecule has 0 saturated heterocycles. The molecule has 0 aromatic carbocycles. The molecule has 17 heavy (non-hydrogen) atoms. The molecule has 0 aliphatic carbocycles. The zero-order valence-corrected chi connectivity index (χ0v) is 12.5. The van der Waals surface area contributed by atoms with Crippen molar-refractivity contribution in [3.63, 3.8) is 0 Å². The summed E-state index contributed by atoms with van der Waals surface area (Å²) in [5, 5.41) is 2.64. The summed E-state index contributed by atoms with van der Waals surface area (Å²) < 4.78 is 1.15. The van der Waals surface area contributed by atoms with Gasteiger partial charge in [0.25, 0.3) is 0 Å². The Morgan fingerprint density at radius 2 is 2.24 bits per heavy atom. The minimum atomic E-state index is 0.540. The minimum Gasteiger partial charge on any atom is -0.297 e. The third-order valence-electron chi connectivity index (χ3n) is 2.29. The molecule has 0 aliphatic heterocycles. The van der Waals surface area contributed by atoms with E-state index in [1.165, 1.54) is 10.4 Å². The van der Waals surface area contributed by atoms with Gasteiger partial charge in [0.1, 0.15) is 5.15 Å². The van der Waals surface area contributed by atoms with Crippen LogP contribution in [0.1, 0.15) is 10.4 Å². The molecule has 0 bridgehead atoms. The van der Waals surface area contributed by atoms with Crippen LogP contribution in [0, 0.1) is 0 Å². The molecule has 2 aromatic rings. The molecule has 90 valence electrons. The van der Waals surface area contributed by atoms with Crippen LogP contribution in [-0.2, 0) is 13.1 Å². The maximum atomic E-state index is 5.75. The zero-order valence-electron chi connectivity index (χ0n) is 9.36. The highest BCUT2D eigenvalue weighted by molar-refractivity contribution is 9.10. The van der Waals surface area contributed by atoms with Crippen LogP contribution in [0.2, 0.25) is 5.15 Å². The minimum absolute atomic E-state index is 0.540. The first-order chi connectivity index (χ1) is 8.13. The molecule has 0 amide bonds. The standard InChI is InChI=1S/C12H12BrClN2S/c1-16(7-11-4-10(13)8-17-11)6-9-2-3-12(14)15-5-9/h2-5,8H,6-7H2,1H3. The lowest BCUT2D eigenvalue weighted by Gasteiger charge is -2.15. The van der Waals surface area contributed by atoms with Crippen molar-refractivity contribution >= 4 is 38.9 Å². The second-order valence-electron chi connectivity index (χ2n) is 3.89. The SMILES string of the molecule is CN(Cc1ccc(Cl)nc1)Cc1cc(Br)cs1. The van der Waals surface area contributed by atoms with E-state index in [-0.39, 0.29) is 0 Å².